The molecule has 2 aliphatic heterocycles. The summed E-state index contributed by atoms with van der Waals surface area (Å²) in [4.78, 5) is 230. The van der Waals surface area contributed by atoms with E-state index >= 15 is 9.59 Å². The van der Waals surface area contributed by atoms with Crippen molar-refractivity contribution in [3.05, 3.63) is 132 Å². The predicted octanol–water partition coefficient (Wildman–Crippen LogP) is -5.62. The van der Waals surface area contributed by atoms with E-state index in [1.165, 1.54) is 27.8 Å². The molecule has 15 amide bonds. The number of hydrogen-bond acceptors (Lipinski definition) is 22. The third-order valence-electron chi connectivity index (χ3n) is 19.8. The Hall–Kier alpha value is -12.1. The van der Waals surface area contributed by atoms with E-state index in [4.69, 9.17) is 16.9 Å². The number of fused-ring (bicyclic) bond motifs is 1. The fraction of sp³-hybridized carbons (Fsp3) is 0.481. The van der Waals surface area contributed by atoms with Crippen LogP contribution in [-0.4, -0.2) is 290 Å². The molecule has 0 aliphatic carbocycles. The van der Waals surface area contributed by atoms with E-state index in [0.29, 0.717) is 16.7 Å². The van der Waals surface area contributed by atoms with Gasteiger partial charge in [0.15, 0.2) is 5.96 Å². The summed E-state index contributed by atoms with van der Waals surface area (Å²) in [6.45, 7) is 3.09. The second kappa shape index (κ2) is 46.7. The zero-order chi connectivity index (χ0) is 87.9. The molecule has 40 heteroatoms. The molecule has 4 aromatic rings. The molecule has 0 bridgehead atoms. The molecular formula is C79H108N18O21S. The summed E-state index contributed by atoms with van der Waals surface area (Å²) in [6.07, 6.45) is -5.75. The lowest BCUT2D eigenvalue weighted by Crippen LogP contribution is -2.64. The van der Waals surface area contributed by atoms with Crippen LogP contribution in [-0.2, 0) is 96.0 Å². The van der Waals surface area contributed by atoms with Crippen molar-refractivity contribution in [2.45, 2.75) is 177 Å². The Kier molecular flexibility index (Phi) is 37.6. The van der Waals surface area contributed by atoms with Gasteiger partial charge in [0.25, 0.3) is 0 Å². The maximum atomic E-state index is 15.3. The highest BCUT2D eigenvalue weighted by Gasteiger charge is 2.43. The Morgan fingerprint density at radius 2 is 1.00 bits per heavy atom. The highest BCUT2D eigenvalue weighted by molar-refractivity contribution is 8.00. The minimum atomic E-state index is -2.06. The highest BCUT2D eigenvalue weighted by atomic mass is 32.2. The van der Waals surface area contributed by atoms with Gasteiger partial charge in [-0.2, -0.15) is 0 Å². The number of guanidine groups is 1. The lowest BCUT2D eigenvalue weighted by atomic mass is 9.98. The first-order valence-electron chi connectivity index (χ1n) is 38.5. The molecular weight excluding hydrogens is 1570 g/mol. The van der Waals surface area contributed by atoms with Gasteiger partial charge in [0.2, 0.25) is 88.6 Å². The second-order valence-corrected chi connectivity index (χ2v) is 30.3. The first kappa shape index (κ1) is 95.7. The van der Waals surface area contributed by atoms with Crippen LogP contribution in [0.1, 0.15) is 83.4 Å². The number of carboxylic acid groups (broad SMARTS) is 1. The Morgan fingerprint density at radius 3 is 1.56 bits per heavy atom. The van der Waals surface area contributed by atoms with Crippen molar-refractivity contribution in [2.75, 3.05) is 58.4 Å². The molecule has 2 saturated heterocycles. The molecule has 2 fully saturated rings. The number of hydrogen-bond donors (Lipinski definition) is 20. The number of rotatable bonds is 21. The van der Waals surface area contributed by atoms with Crippen molar-refractivity contribution in [2.24, 2.45) is 17.4 Å². The van der Waals surface area contributed by atoms with Gasteiger partial charge in [-0.15, -0.1) is 11.8 Å². The molecule has 4 aromatic carbocycles. The zero-order valence-electron chi connectivity index (χ0n) is 67.0. The molecule has 0 unspecified atom stereocenters. The number of nitrogens with one attached hydrogen (secondary N) is 13. The average molecular weight is 1680 g/mol. The number of nitrogens with two attached hydrogens (primary N) is 2. The van der Waals surface area contributed by atoms with Crippen molar-refractivity contribution >= 4 is 112 Å². The largest absolute Gasteiger partial charge is 0.481 e. The van der Waals surface area contributed by atoms with Gasteiger partial charge in [0.1, 0.15) is 78.5 Å². The van der Waals surface area contributed by atoms with Crippen molar-refractivity contribution in [1.29, 1.82) is 5.41 Å². The molecule has 2 heterocycles. The highest BCUT2D eigenvalue weighted by Crippen LogP contribution is 2.24. The summed E-state index contributed by atoms with van der Waals surface area (Å²) < 4.78 is 0. The van der Waals surface area contributed by atoms with Crippen LogP contribution >= 0.6 is 11.8 Å². The maximum Gasteiger partial charge on any atom is 0.305 e. The molecule has 0 aromatic heterocycles. The SMILES string of the molecule is CC(C)[C@@H]1NC(=O)[C@H](Cc2ccccc2)NC(=O)CSC[C@@H](C(=O)NCC(N)=O)NC(=O)[C@@H]2CCCN2C(=O)[C@H](CCCNC(=N)N)NC(=O)[C@H](CC(=O)O)NC(=O)[C@H](C)N(C)C(=O)[C@H](Cc2ccc(-c3ccccc3)cc2)NC(=O)[C@H](Cc2ccccc2)N(C)C(=O)[C@H](CO)NC(=O)[C@H]([C@@H](C)O)NC(=O)[C@H]([C@@H](C)O)NC(=O)[C@H](CO)NC1=O. The van der Waals surface area contributed by atoms with Gasteiger partial charge >= 0.3 is 5.97 Å². The molecule has 15 atom stereocenters. The molecule has 6 rings (SSSR count). The first-order valence-corrected chi connectivity index (χ1v) is 39.7. The van der Waals surface area contributed by atoms with Crippen LogP contribution < -0.4 is 75.3 Å². The molecule has 0 spiro atoms. The number of amides is 15. The van der Waals surface area contributed by atoms with Gasteiger partial charge in [0.05, 0.1) is 44.1 Å². The summed E-state index contributed by atoms with van der Waals surface area (Å²) in [7, 11) is 2.32. The van der Waals surface area contributed by atoms with Gasteiger partial charge in [0, 0.05) is 52.2 Å². The number of primary amides is 1. The van der Waals surface area contributed by atoms with Crippen LogP contribution in [0.25, 0.3) is 11.1 Å². The van der Waals surface area contributed by atoms with E-state index in [-0.39, 0.29) is 58.0 Å². The monoisotopic (exact) mass is 1680 g/mol. The van der Waals surface area contributed by atoms with E-state index in [1.807, 2.05) is 30.3 Å². The molecule has 2 aliphatic rings. The number of nitrogens with zero attached hydrogens (tertiary/aromatic N) is 3. The van der Waals surface area contributed by atoms with Crippen LogP contribution in [0.15, 0.2) is 115 Å². The number of likely N-dealkylation sites (N-methyl/N-ethyl adjacent to an activating group) is 2. The summed E-state index contributed by atoms with van der Waals surface area (Å²) in [5.74, 6) is -19.9. The molecule has 39 nitrogen and oxygen atoms in total. The van der Waals surface area contributed by atoms with E-state index in [9.17, 15) is 92.7 Å². The van der Waals surface area contributed by atoms with Crippen molar-refractivity contribution in [3.8, 4) is 11.1 Å². The minimum absolute atomic E-state index is 0.00963. The fourth-order valence-corrected chi connectivity index (χ4v) is 13.8. The van der Waals surface area contributed by atoms with E-state index in [0.717, 1.165) is 58.5 Å². The lowest BCUT2D eigenvalue weighted by molar-refractivity contribution is -0.146. The van der Waals surface area contributed by atoms with E-state index in [2.05, 4.69) is 63.8 Å². The number of carboxylic acids is 1. The Morgan fingerprint density at radius 1 is 0.521 bits per heavy atom. The standard InChI is InChI=1S/C79H108N18O21S/c1-42(2)63-73(113)89-55(38-98)70(110)93-65(45(5)101)75(115)94-64(44(4)100)74(114)90-56(39-99)77(117)96(7)59(35-47-21-13-9-14-22-47)72(112)88-54(34-48-27-29-50(30-28-48)49-23-15-10-16-24-49)76(116)95(6)43(3)66(106)87-53(36-62(104)105)68(108)86-51(25-17-31-83-79(81)82)78(118)97-32-18-26-58(97)71(111)91-57(67(107)84-37-60(80)102)40-119-41-61(103)85-52(69(109)92-63)33-46-19-11-8-12-20-46/h8-16,19-24,27-30,42-45,51-59,63-65,98-101H,17-18,25-26,31-41H2,1-7H3,(H2,80,102)(H,84,107)(H,85,103)(H,86,108)(H,87,106)(H,88,112)(H,89,113)(H,90,114)(H,91,111)(H,92,109)(H,93,110)(H,94,115)(H,104,105)(H4,81,82,83)/t43-,44+,45+,51-,52-,53-,54-,55-,56-,57-,58-,59-,63-,64-,65-/m0/s1. The summed E-state index contributed by atoms with van der Waals surface area (Å²) in [5.41, 5.74) is 13.9. The van der Waals surface area contributed by atoms with Crippen LogP contribution in [0.3, 0.4) is 0 Å². The molecule has 0 radical (unpaired) electrons. The van der Waals surface area contributed by atoms with Crippen molar-refractivity contribution in [3.63, 3.8) is 0 Å². The van der Waals surface area contributed by atoms with Gasteiger partial charge in [-0.25, -0.2) is 0 Å². The van der Waals surface area contributed by atoms with Crippen LogP contribution in [0.2, 0.25) is 0 Å². The number of benzene rings is 4. The molecule has 0 saturated carbocycles. The molecule has 646 valence electrons. The lowest BCUT2D eigenvalue weighted by Gasteiger charge is -2.34. The molecule has 22 N–H and O–H groups in total. The van der Waals surface area contributed by atoms with Gasteiger partial charge in [-0.05, 0) is 80.2 Å². The first-order chi connectivity index (χ1) is 56.4. The zero-order valence-corrected chi connectivity index (χ0v) is 67.8. The summed E-state index contributed by atoms with van der Waals surface area (Å²) in [5, 5.41) is 90.6. The number of aliphatic hydroxyl groups excluding tert-OH is 4. The van der Waals surface area contributed by atoms with Crippen molar-refractivity contribution < 1.29 is 102 Å². The number of carbonyl (C=O) groups is 16. The quantitative estimate of drug-likeness (QED) is 0.0210. The Labute approximate surface area is 691 Å². The number of aliphatic hydroxyl groups is 4. The summed E-state index contributed by atoms with van der Waals surface area (Å²) in [6, 6.07) is 9.97. The minimum Gasteiger partial charge on any atom is -0.481 e. The fourth-order valence-electron chi connectivity index (χ4n) is 13.0. The maximum absolute atomic E-state index is 15.3. The number of carbonyl (C=O) groups excluding carboxylic acids is 15. The smallest absolute Gasteiger partial charge is 0.305 e. The topological polar surface area (TPSA) is 604 Å². The average Bonchev–Trinajstić information content (AvgIpc) is 1.69. The Balaban J connectivity index is 1.42. The Bertz CT molecular complexity index is 4230. The van der Waals surface area contributed by atoms with Gasteiger partial charge in [-0.3, -0.25) is 82.1 Å². The van der Waals surface area contributed by atoms with Gasteiger partial charge in [-0.1, -0.05) is 129 Å². The van der Waals surface area contributed by atoms with Crippen LogP contribution in [0.4, 0.5) is 0 Å². The predicted molar refractivity (Wildman–Crippen MR) is 432 cm³/mol. The van der Waals surface area contributed by atoms with Crippen LogP contribution in [0, 0.1) is 11.3 Å². The third-order valence-corrected chi connectivity index (χ3v) is 20.8. The summed E-state index contributed by atoms with van der Waals surface area (Å²) >= 11 is 0.765. The third kappa shape index (κ3) is 29.2. The number of aliphatic carboxylic acids is 1. The van der Waals surface area contributed by atoms with Gasteiger partial charge < -0.3 is 116 Å². The number of thioether (sulfide) groups is 1. The van der Waals surface area contributed by atoms with Crippen molar-refractivity contribution in [1.82, 2.24) is 78.5 Å². The second-order valence-electron chi connectivity index (χ2n) is 29.2. The van der Waals surface area contributed by atoms with E-state index < -0.39 is 235 Å². The molecule has 119 heavy (non-hydrogen) atoms. The van der Waals surface area contributed by atoms with E-state index in [1.54, 1.807) is 84.9 Å². The normalized spacial score (nSPS) is 24.7. The van der Waals surface area contributed by atoms with Crippen LogP contribution in [0.5, 0.6) is 0 Å².